The van der Waals surface area contributed by atoms with E-state index in [1.54, 1.807) is 0 Å². The Bertz CT molecular complexity index is 279. The Kier molecular flexibility index (Phi) is 5.79. The molecule has 3 atom stereocenters. The van der Waals surface area contributed by atoms with Crippen molar-refractivity contribution < 1.29 is 9.53 Å². The van der Waals surface area contributed by atoms with Crippen LogP contribution in [-0.2, 0) is 4.74 Å². The van der Waals surface area contributed by atoms with Gasteiger partial charge in [-0.05, 0) is 39.9 Å². The number of ether oxygens (including phenoxy) is 1. The maximum Gasteiger partial charge on any atom is 0.407 e. The highest BCUT2D eigenvalue weighted by molar-refractivity contribution is 8.00. The molecular weight excluding hydrogens is 248 g/mol. The number of hydrogen-bond donors (Lipinski definition) is 2. The van der Waals surface area contributed by atoms with E-state index < -0.39 is 5.60 Å². The van der Waals surface area contributed by atoms with Crippen LogP contribution >= 0.6 is 11.8 Å². The van der Waals surface area contributed by atoms with Crippen molar-refractivity contribution in [2.75, 3.05) is 12.3 Å². The highest BCUT2D eigenvalue weighted by atomic mass is 32.2. The topological polar surface area (TPSA) is 50.4 Å². The zero-order valence-corrected chi connectivity index (χ0v) is 12.9. The van der Waals surface area contributed by atoms with Gasteiger partial charge in [0.1, 0.15) is 5.60 Å². The average Bonchev–Trinajstić information content (AvgIpc) is 2.57. The Labute approximate surface area is 115 Å². The molecule has 0 aromatic carbocycles. The first-order valence-corrected chi connectivity index (χ1v) is 7.67. The summed E-state index contributed by atoms with van der Waals surface area (Å²) in [4.78, 5) is 11.6. The summed E-state index contributed by atoms with van der Waals surface area (Å²) in [5.74, 6) is 1.23. The molecule has 0 radical (unpaired) electrons. The molecule has 0 bridgehead atoms. The number of carbonyl (C=O) groups excluding carboxylic acids is 1. The summed E-state index contributed by atoms with van der Waals surface area (Å²) in [5, 5.41) is 7.02. The van der Waals surface area contributed by atoms with E-state index in [0.717, 1.165) is 6.54 Å². The fourth-order valence-electron chi connectivity index (χ4n) is 1.89. The average molecular weight is 274 g/mol. The van der Waals surface area contributed by atoms with Gasteiger partial charge < -0.3 is 15.4 Å². The van der Waals surface area contributed by atoms with E-state index in [-0.39, 0.29) is 12.1 Å². The lowest BCUT2D eigenvalue weighted by atomic mass is 10.1. The molecule has 4 nitrogen and oxygen atoms in total. The summed E-state index contributed by atoms with van der Waals surface area (Å²) in [6, 6.07) is 0.649. The van der Waals surface area contributed by atoms with Crippen molar-refractivity contribution in [3.63, 3.8) is 0 Å². The summed E-state index contributed by atoms with van der Waals surface area (Å²) in [6.07, 6.45) is 0.871. The predicted octanol–water partition coefficient (Wildman–Crippen LogP) is 2.38. The first kappa shape index (κ1) is 15.6. The van der Waals surface area contributed by atoms with Gasteiger partial charge in [0.2, 0.25) is 0 Å². The van der Waals surface area contributed by atoms with Gasteiger partial charge in [-0.3, -0.25) is 0 Å². The molecule has 1 heterocycles. The number of hydrogen-bond acceptors (Lipinski definition) is 4. The van der Waals surface area contributed by atoms with Crippen molar-refractivity contribution in [1.29, 1.82) is 0 Å². The molecule has 0 aliphatic carbocycles. The van der Waals surface area contributed by atoms with Gasteiger partial charge in [0.25, 0.3) is 0 Å². The summed E-state index contributed by atoms with van der Waals surface area (Å²) in [5.41, 5.74) is -0.437. The lowest BCUT2D eigenvalue weighted by molar-refractivity contribution is 0.0507. The van der Waals surface area contributed by atoms with Crippen molar-refractivity contribution in [3.05, 3.63) is 0 Å². The molecule has 1 aliphatic heterocycles. The zero-order chi connectivity index (χ0) is 13.8. The SMILES string of the molecule is CC(CNC1CCSC1C)NC(=O)OC(C)(C)C. The van der Waals surface area contributed by atoms with Gasteiger partial charge >= 0.3 is 6.09 Å². The second kappa shape index (κ2) is 6.66. The van der Waals surface area contributed by atoms with Crippen LogP contribution in [0.5, 0.6) is 0 Å². The standard InChI is InChI=1S/C13H26N2O2S/c1-9(15-12(16)17-13(3,4)5)8-14-11-6-7-18-10(11)2/h9-11,14H,6-8H2,1-5H3,(H,15,16). The third-order valence-corrected chi connectivity index (χ3v) is 4.15. The van der Waals surface area contributed by atoms with Crippen LogP contribution < -0.4 is 10.6 Å². The quantitative estimate of drug-likeness (QED) is 0.826. The van der Waals surface area contributed by atoms with E-state index in [4.69, 9.17) is 4.74 Å². The number of amides is 1. The van der Waals surface area contributed by atoms with Crippen LogP contribution in [0.1, 0.15) is 41.0 Å². The van der Waals surface area contributed by atoms with Crippen LogP contribution in [0.25, 0.3) is 0 Å². The van der Waals surface area contributed by atoms with Crippen LogP contribution in [0, 0.1) is 0 Å². The van der Waals surface area contributed by atoms with Gasteiger partial charge in [0.05, 0.1) is 0 Å². The first-order valence-electron chi connectivity index (χ1n) is 6.62. The zero-order valence-electron chi connectivity index (χ0n) is 12.1. The minimum Gasteiger partial charge on any atom is -0.444 e. The second-order valence-corrected chi connectivity index (χ2v) is 7.41. The molecule has 1 fully saturated rings. The number of thioether (sulfide) groups is 1. The van der Waals surface area contributed by atoms with E-state index in [2.05, 4.69) is 17.6 Å². The number of nitrogens with one attached hydrogen (secondary N) is 2. The summed E-state index contributed by atoms with van der Waals surface area (Å²) in [6.45, 7) is 10.6. The lowest BCUT2D eigenvalue weighted by Crippen LogP contribution is -2.46. The van der Waals surface area contributed by atoms with E-state index in [1.807, 2.05) is 39.5 Å². The molecule has 5 heteroatoms. The van der Waals surface area contributed by atoms with E-state index in [0.29, 0.717) is 11.3 Å². The Hall–Kier alpha value is -0.420. The van der Waals surface area contributed by atoms with Crippen molar-refractivity contribution in [2.24, 2.45) is 0 Å². The molecule has 0 saturated carbocycles. The smallest absolute Gasteiger partial charge is 0.407 e. The third kappa shape index (κ3) is 5.96. The molecule has 1 rings (SSSR count). The molecular formula is C13H26N2O2S. The number of carbonyl (C=O) groups is 1. The summed E-state index contributed by atoms with van der Waals surface area (Å²) >= 11 is 2.00. The van der Waals surface area contributed by atoms with Crippen molar-refractivity contribution in [3.8, 4) is 0 Å². The molecule has 1 saturated heterocycles. The van der Waals surface area contributed by atoms with Crippen molar-refractivity contribution in [2.45, 2.75) is 64.0 Å². The fraction of sp³-hybridized carbons (Fsp3) is 0.923. The van der Waals surface area contributed by atoms with Crippen LogP contribution in [0.4, 0.5) is 4.79 Å². The monoisotopic (exact) mass is 274 g/mol. The highest BCUT2D eigenvalue weighted by Gasteiger charge is 2.24. The molecule has 3 unspecified atom stereocenters. The minimum atomic E-state index is -0.437. The van der Waals surface area contributed by atoms with Crippen molar-refractivity contribution >= 4 is 17.9 Å². The highest BCUT2D eigenvalue weighted by Crippen LogP contribution is 2.25. The Morgan fingerprint density at radius 2 is 2.17 bits per heavy atom. The molecule has 0 spiro atoms. The largest absolute Gasteiger partial charge is 0.444 e. The van der Waals surface area contributed by atoms with Crippen LogP contribution in [-0.4, -0.2) is 41.3 Å². The molecule has 1 amide bonds. The fourth-order valence-corrected chi connectivity index (χ4v) is 3.11. The molecule has 0 aromatic rings. The van der Waals surface area contributed by atoms with Gasteiger partial charge in [0.15, 0.2) is 0 Å². The summed E-state index contributed by atoms with van der Waals surface area (Å²) in [7, 11) is 0. The van der Waals surface area contributed by atoms with Gasteiger partial charge in [-0.25, -0.2) is 4.79 Å². The lowest BCUT2D eigenvalue weighted by Gasteiger charge is -2.23. The van der Waals surface area contributed by atoms with Crippen molar-refractivity contribution in [1.82, 2.24) is 10.6 Å². The maximum atomic E-state index is 11.6. The van der Waals surface area contributed by atoms with Gasteiger partial charge in [-0.15, -0.1) is 0 Å². The molecule has 1 aliphatic rings. The minimum absolute atomic E-state index is 0.0812. The molecule has 18 heavy (non-hydrogen) atoms. The van der Waals surface area contributed by atoms with E-state index >= 15 is 0 Å². The van der Waals surface area contributed by atoms with Gasteiger partial charge in [-0.1, -0.05) is 6.92 Å². The Balaban J connectivity index is 2.21. The third-order valence-electron chi connectivity index (χ3n) is 2.83. The summed E-state index contributed by atoms with van der Waals surface area (Å²) < 4.78 is 5.22. The van der Waals surface area contributed by atoms with E-state index in [1.165, 1.54) is 12.2 Å². The van der Waals surface area contributed by atoms with Crippen LogP contribution in [0.15, 0.2) is 0 Å². The van der Waals surface area contributed by atoms with Crippen LogP contribution in [0.2, 0.25) is 0 Å². The normalized spacial score (nSPS) is 25.8. The Morgan fingerprint density at radius 1 is 1.50 bits per heavy atom. The molecule has 106 valence electrons. The van der Waals surface area contributed by atoms with Gasteiger partial charge in [-0.2, -0.15) is 11.8 Å². The maximum absolute atomic E-state index is 11.6. The van der Waals surface area contributed by atoms with Crippen LogP contribution in [0.3, 0.4) is 0 Å². The number of alkyl carbamates (subject to hydrolysis) is 1. The molecule has 2 N–H and O–H groups in total. The Morgan fingerprint density at radius 3 is 2.67 bits per heavy atom. The predicted molar refractivity (Wildman–Crippen MR) is 77.2 cm³/mol. The van der Waals surface area contributed by atoms with Gasteiger partial charge in [0, 0.05) is 23.9 Å². The molecule has 0 aromatic heterocycles. The second-order valence-electron chi connectivity index (χ2n) is 5.93. The van der Waals surface area contributed by atoms with E-state index in [9.17, 15) is 4.79 Å². The number of rotatable bonds is 4. The first-order chi connectivity index (χ1) is 8.28.